The van der Waals surface area contributed by atoms with Gasteiger partial charge in [-0.05, 0) is 44.0 Å². The van der Waals surface area contributed by atoms with E-state index < -0.39 is 0 Å². The van der Waals surface area contributed by atoms with Crippen molar-refractivity contribution >= 4 is 29.1 Å². The Morgan fingerprint density at radius 3 is 2.32 bits per heavy atom. The molecule has 0 saturated heterocycles. The first-order valence-electron chi connectivity index (χ1n) is 8.94. The van der Waals surface area contributed by atoms with Gasteiger partial charge < -0.3 is 20.1 Å². The molecule has 2 N–H and O–H groups in total. The highest BCUT2D eigenvalue weighted by Gasteiger charge is 2.16. The monoisotopic (exact) mass is 424 g/mol. The Morgan fingerprint density at radius 2 is 1.68 bits per heavy atom. The maximum Gasteiger partial charge on any atom is 0.258 e. The summed E-state index contributed by atoms with van der Waals surface area (Å²) in [7, 11) is 1.55. The van der Waals surface area contributed by atoms with E-state index in [0.717, 1.165) is 16.1 Å². The number of methoxy groups -OCH3 is 1. The van der Waals surface area contributed by atoms with Crippen LogP contribution in [0.2, 0.25) is 10.0 Å². The summed E-state index contributed by atoms with van der Waals surface area (Å²) in [5.41, 5.74) is 1.55. The maximum atomic E-state index is 12.0. The average molecular weight is 425 g/mol. The second-order valence-corrected chi connectivity index (χ2v) is 8.19. The van der Waals surface area contributed by atoms with Crippen molar-refractivity contribution in [1.82, 2.24) is 10.6 Å². The van der Waals surface area contributed by atoms with Gasteiger partial charge in [0.15, 0.2) is 18.1 Å². The van der Waals surface area contributed by atoms with Crippen LogP contribution in [0.1, 0.15) is 31.9 Å². The fourth-order valence-electron chi connectivity index (χ4n) is 2.56. The van der Waals surface area contributed by atoms with E-state index >= 15 is 0 Å². The molecule has 0 bridgehead atoms. The van der Waals surface area contributed by atoms with Crippen LogP contribution in [0.3, 0.4) is 0 Å². The SMILES string of the molecule is COc1cc(CNCc2ccccc2Cl)c(Cl)cc1OCC(=O)NC(C)(C)C. The highest BCUT2D eigenvalue weighted by molar-refractivity contribution is 6.31. The second-order valence-electron chi connectivity index (χ2n) is 7.38. The molecule has 0 atom stereocenters. The summed E-state index contributed by atoms with van der Waals surface area (Å²) in [5.74, 6) is 0.727. The Balaban J connectivity index is 2.00. The van der Waals surface area contributed by atoms with Gasteiger partial charge in [0.05, 0.1) is 7.11 Å². The molecule has 0 spiro atoms. The van der Waals surface area contributed by atoms with Gasteiger partial charge in [0.1, 0.15) is 0 Å². The first-order chi connectivity index (χ1) is 13.2. The normalized spacial score (nSPS) is 11.2. The molecule has 0 aromatic heterocycles. The minimum absolute atomic E-state index is 0.117. The lowest BCUT2D eigenvalue weighted by Gasteiger charge is -2.21. The van der Waals surface area contributed by atoms with Crippen molar-refractivity contribution in [2.24, 2.45) is 0 Å². The third-order valence-corrected chi connectivity index (χ3v) is 4.52. The molecule has 152 valence electrons. The molecule has 0 radical (unpaired) electrons. The van der Waals surface area contributed by atoms with Gasteiger partial charge in [-0.25, -0.2) is 0 Å². The van der Waals surface area contributed by atoms with Crippen LogP contribution in [0.4, 0.5) is 0 Å². The second kappa shape index (κ2) is 10.0. The number of benzene rings is 2. The molecule has 2 aromatic rings. The Bertz CT molecular complexity index is 820. The topological polar surface area (TPSA) is 59.6 Å². The summed E-state index contributed by atoms with van der Waals surface area (Å²) >= 11 is 12.6. The number of halogens is 2. The lowest BCUT2D eigenvalue weighted by atomic mass is 10.1. The van der Waals surface area contributed by atoms with Crippen LogP contribution >= 0.6 is 23.2 Å². The summed E-state index contributed by atoms with van der Waals surface area (Å²) < 4.78 is 11.0. The van der Waals surface area contributed by atoms with Gasteiger partial charge >= 0.3 is 0 Å². The number of amides is 1. The molecule has 0 heterocycles. The number of carbonyl (C=O) groups excluding carboxylic acids is 1. The molecule has 5 nitrogen and oxygen atoms in total. The Kier molecular flexibility index (Phi) is 7.98. The van der Waals surface area contributed by atoms with Crippen molar-refractivity contribution in [3.63, 3.8) is 0 Å². The number of hydrogen-bond acceptors (Lipinski definition) is 4. The van der Waals surface area contributed by atoms with Gasteiger partial charge in [-0.2, -0.15) is 0 Å². The van der Waals surface area contributed by atoms with E-state index in [1.807, 2.05) is 45.0 Å². The first kappa shape index (κ1) is 22.3. The molecule has 2 aromatic carbocycles. The lowest BCUT2D eigenvalue weighted by Crippen LogP contribution is -2.43. The van der Waals surface area contributed by atoms with Crippen LogP contribution in [0.5, 0.6) is 11.5 Å². The minimum Gasteiger partial charge on any atom is -0.493 e. The molecule has 0 aliphatic heterocycles. The highest BCUT2D eigenvalue weighted by atomic mass is 35.5. The molecular weight excluding hydrogens is 399 g/mol. The lowest BCUT2D eigenvalue weighted by molar-refractivity contribution is -0.124. The zero-order valence-electron chi connectivity index (χ0n) is 16.6. The van der Waals surface area contributed by atoms with E-state index in [9.17, 15) is 4.79 Å². The van der Waals surface area contributed by atoms with E-state index in [1.165, 1.54) is 0 Å². The van der Waals surface area contributed by atoms with Crippen molar-refractivity contribution in [2.45, 2.75) is 39.4 Å². The predicted octanol–water partition coefficient (Wildman–Crippen LogP) is 4.59. The first-order valence-corrected chi connectivity index (χ1v) is 9.69. The van der Waals surface area contributed by atoms with Gasteiger partial charge in [0, 0.05) is 34.7 Å². The fourth-order valence-corrected chi connectivity index (χ4v) is 2.98. The van der Waals surface area contributed by atoms with Crippen molar-refractivity contribution in [1.29, 1.82) is 0 Å². The fraction of sp³-hybridized carbons (Fsp3) is 0.381. The molecule has 7 heteroatoms. The van der Waals surface area contributed by atoms with Crippen LogP contribution in [-0.2, 0) is 17.9 Å². The molecule has 28 heavy (non-hydrogen) atoms. The van der Waals surface area contributed by atoms with Crippen LogP contribution in [0.25, 0.3) is 0 Å². The summed E-state index contributed by atoms with van der Waals surface area (Å²) in [5, 5.41) is 7.40. The molecule has 0 aliphatic rings. The van der Waals surface area contributed by atoms with Crippen molar-refractivity contribution < 1.29 is 14.3 Å². The third kappa shape index (κ3) is 6.89. The van der Waals surface area contributed by atoms with Crippen molar-refractivity contribution in [3.05, 3.63) is 57.6 Å². The van der Waals surface area contributed by atoms with E-state index in [0.29, 0.717) is 29.6 Å². The van der Waals surface area contributed by atoms with E-state index in [1.54, 1.807) is 19.2 Å². The van der Waals surface area contributed by atoms with Crippen LogP contribution < -0.4 is 20.1 Å². The molecule has 2 rings (SSSR count). The van der Waals surface area contributed by atoms with E-state index in [2.05, 4.69) is 10.6 Å². The molecule has 1 amide bonds. The van der Waals surface area contributed by atoms with Gasteiger partial charge in [0.25, 0.3) is 5.91 Å². The van der Waals surface area contributed by atoms with Crippen molar-refractivity contribution in [3.8, 4) is 11.5 Å². The Hall–Kier alpha value is -1.95. The highest BCUT2D eigenvalue weighted by Crippen LogP contribution is 2.33. The zero-order valence-corrected chi connectivity index (χ0v) is 18.1. The third-order valence-electron chi connectivity index (χ3n) is 3.79. The maximum absolute atomic E-state index is 12.0. The molecule has 0 unspecified atom stereocenters. The largest absolute Gasteiger partial charge is 0.493 e. The van der Waals surface area contributed by atoms with Crippen LogP contribution in [0, 0.1) is 0 Å². The van der Waals surface area contributed by atoms with Gasteiger partial charge in [-0.1, -0.05) is 41.4 Å². The van der Waals surface area contributed by atoms with Gasteiger partial charge in [0.2, 0.25) is 0 Å². The minimum atomic E-state index is -0.320. The van der Waals surface area contributed by atoms with Crippen LogP contribution in [-0.4, -0.2) is 25.2 Å². The van der Waals surface area contributed by atoms with Gasteiger partial charge in [-0.3, -0.25) is 4.79 Å². The molecule has 0 aliphatic carbocycles. The predicted molar refractivity (Wildman–Crippen MR) is 113 cm³/mol. The summed E-state index contributed by atoms with van der Waals surface area (Å²) in [6.07, 6.45) is 0. The molecule has 0 fully saturated rings. The van der Waals surface area contributed by atoms with E-state index in [-0.39, 0.29) is 18.1 Å². The molecular formula is C21H26Cl2N2O3. The number of rotatable bonds is 8. The molecule has 0 saturated carbocycles. The number of nitrogens with one attached hydrogen (secondary N) is 2. The zero-order chi connectivity index (χ0) is 20.7. The number of ether oxygens (including phenoxy) is 2. The summed E-state index contributed by atoms with van der Waals surface area (Å²) in [6.45, 7) is 6.76. The van der Waals surface area contributed by atoms with Crippen molar-refractivity contribution in [2.75, 3.05) is 13.7 Å². The average Bonchev–Trinajstić information content (AvgIpc) is 2.61. The van der Waals surface area contributed by atoms with Crippen LogP contribution in [0.15, 0.2) is 36.4 Å². The summed E-state index contributed by atoms with van der Waals surface area (Å²) in [4.78, 5) is 12.0. The standard InChI is InChI=1S/C21H26Cl2N2O3/c1-21(2,3)25-20(26)13-28-19-10-17(23)15(9-18(19)27-4)12-24-11-14-7-5-6-8-16(14)22/h5-10,24H,11-13H2,1-4H3,(H,25,26). The number of carbonyl (C=O) groups is 1. The number of hydrogen-bond donors (Lipinski definition) is 2. The Morgan fingerprint density at radius 1 is 1.00 bits per heavy atom. The van der Waals surface area contributed by atoms with E-state index in [4.69, 9.17) is 32.7 Å². The smallest absolute Gasteiger partial charge is 0.258 e. The summed E-state index contributed by atoms with van der Waals surface area (Å²) in [6, 6.07) is 11.1. The van der Waals surface area contributed by atoms with Gasteiger partial charge in [-0.15, -0.1) is 0 Å². The Labute approximate surface area is 176 Å². The quantitative estimate of drug-likeness (QED) is 0.650.